The SMILES string of the molecule is Cl.c1ccc(Cn2cc(CN3CCC4(CCNCC4)C3)c(-c3cccnc3)n2)cc1. The summed E-state index contributed by atoms with van der Waals surface area (Å²) in [4.78, 5) is 6.96. The van der Waals surface area contributed by atoms with Crippen LogP contribution in [-0.4, -0.2) is 45.8 Å². The van der Waals surface area contributed by atoms with Crippen molar-refractivity contribution >= 4 is 12.4 Å². The molecule has 0 radical (unpaired) electrons. The van der Waals surface area contributed by atoms with E-state index in [1.54, 1.807) is 0 Å². The zero-order valence-corrected chi connectivity index (χ0v) is 18.2. The number of hydrogen-bond acceptors (Lipinski definition) is 4. The van der Waals surface area contributed by atoms with Crippen molar-refractivity contribution in [3.8, 4) is 11.3 Å². The highest BCUT2D eigenvalue weighted by atomic mass is 35.5. The first-order valence-electron chi connectivity index (χ1n) is 10.7. The van der Waals surface area contributed by atoms with Crippen molar-refractivity contribution < 1.29 is 0 Å². The van der Waals surface area contributed by atoms with Crippen molar-refractivity contribution in [2.45, 2.75) is 32.4 Å². The van der Waals surface area contributed by atoms with E-state index >= 15 is 0 Å². The Bertz CT molecular complexity index is 935. The van der Waals surface area contributed by atoms with Crippen LogP contribution < -0.4 is 5.32 Å². The molecule has 2 aromatic heterocycles. The summed E-state index contributed by atoms with van der Waals surface area (Å²) in [5.41, 5.74) is 5.28. The number of likely N-dealkylation sites (tertiary alicyclic amines) is 1. The first-order chi connectivity index (χ1) is 14.3. The number of nitrogens with zero attached hydrogens (tertiary/aromatic N) is 4. The highest BCUT2D eigenvalue weighted by Crippen LogP contribution is 2.39. The minimum absolute atomic E-state index is 0. The lowest BCUT2D eigenvalue weighted by Crippen LogP contribution is -2.38. The van der Waals surface area contributed by atoms with Gasteiger partial charge in [0.15, 0.2) is 0 Å². The minimum Gasteiger partial charge on any atom is -0.317 e. The fourth-order valence-corrected chi connectivity index (χ4v) is 4.94. The number of halogens is 1. The van der Waals surface area contributed by atoms with Crippen LogP contribution >= 0.6 is 12.4 Å². The molecule has 158 valence electrons. The van der Waals surface area contributed by atoms with Gasteiger partial charge >= 0.3 is 0 Å². The molecule has 5 rings (SSSR count). The van der Waals surface area contributed by atoms with E-state index in [4.69, 9.17) is 5.10 Å². The zero-order valence-electron chi connectivity index (χ0n) is 17.3. The number of rotatable bonds is 5. The van der Waals surface area contributed by atoms with Gasteiger partial charge in [0.2, 0.25) is 0 Å². The number of hydrogen-bond donors (Lipinski definition) is 1. The van der Waals surface area contributed by atoms with Gasteiger partial charge in [0.1, 0.15) is 0 Å². The number of aromatic nitrogens is 3. The monoisotopic (exact) mass is 423 g/mol. The molecule has 1 aromatic carbocycles. The van der Waals surface area contributed by atoms with E-state index in [0.717, 1.165) is 24.3 Å². The first-order valence-corrected chi connectivity index (χ1v) is 10.7. The quantitative estimate of drug-likeness (QED) is 0.674. The molecule has 0 aliphatic carbocycles. The average molecular weight is 424 g/mol. The van der Waals surface area contributed by atoms with Crippen LogP contribution in [-0.2, 0) is 13.1 Å². The van der Waals surface area contributed by atoms with Crippen LogP contribution in [0.4, 0.5) is 0 Å². The van der Waals surface area contributed by atoms with Crippen LogP contribution in [0.25, 0.3) is 11.3 Å². The maximum absolute atomic E-state index is 4.96. The van der Waals surface area contributed by atoms with Crippen LogP contribution in [0.15, 0.2) is 61.1 Å². The van der Waals surface area contributed by atoms with Crippen molar-refractivity contribution in [3.63, 3.8) is 0 Å². The Hall–Kier alpha value is -2.21. The molecule has 1 N–H and O–H groups in total. The minimum atomic E-state index is 0. The van der Waals surface area contributed by atoms with Gasteiger partial charge in [-0.1, -0.05) is 30.3 Å². The molecule has 2 aliphatic heterocycles. The molecule has 30 heavy (non-hydrogen) atoms. The molecule has 0 atom stereocenters. The molecule has 5 nitrogen and oxygen atoms in total. The highest BCUT2D eigenvalue weighted by Gasteiger charge is 2.38. The van der Waals surface area contributed by atoms with Gasteiger partial charge < -0.3 is 5.32 Å². The largest absolute Gasteiger partial charge is 0.317 e. The summed E-state index contributed by atoms with van der Waals surface area (Å²) in [6, 6.07) is 14.7. The topological polar surface area (TPSA) is 46.0 Å². The van der Waals surface area contributed by atoms with E-state index in [9.17, 15) is 0 Å². The van der Waals surface area contributed by atoms with Crippen molar-refractivity contribution in [1.29, 1.82) is 0 Å². The summed E-state index contributed by atoms with van der Waals surface area (Å²) >= 11 is 0. The van der Waals surface area contributed by atoms with Crippen LogP contribution in [0.5, 0.6) is 0 Å². The molecule has 0 saturated carbocycles. The van der Waals surface area contributed by atoms with Crippen molar-refractivity contribution in [3.05, 3.63) is 72.2 Å². The smallest absolute Gasteiger partial charge is 0.0983 e. The molecular formula is C24H30ClN5. The Morgan fingerprint density at radius 1 is 0.967 bits per heavy atom. The molecular weight excluding hydrogens is 394 g/mol. The third kappa shape index (κ3) is 4.59. The van der Waals surface area contributed by atoms with Gasteiger partial charge in [-0.15, -0.1) is 12.4 Å². The lowest BCUT2D eigenvalue weighted by Gasteiger charge is -2.33. The second-order valence-corrected chi connectivity index (χ2v) is 8.64. The Balaban J connectivity index is 0.00000218. The molecule has 0 bridgehead atoms. The van der Waals surface area contributed by atoms with E-state index in [0.29, 0.717) is 5.41 Å². The Kier molecular flexibility index (Phi) is 6.52. The molecule has 2 fully saturated rings. The van der Waals surface area contributed by atoms with Crippen molar-refractivity contribution in [2.75, 3.05) is 26.2 Å². The van der Waals surface area contributed by atoms with Gasteiger partial charge in [-0.25, -0.2) is 0 Å². The molecule has 2 saturated heterocycles. The van der Waals surface area contributed by atoms with Crippen LogP contribution in [0.2, 0.25) is 0 Å². The van der Waals surface area contributed by atoms with E-state index in [1.165, 1.54) is 56.6 Å². The number of pyridine rings is 1. The normalized spacial score (nSPS) is 18.4. The summed E-state index contributed by atoms with van der Waals surface area (Å²) in [5.74, 6) is 0. The van der Waals surface area contributed by atoms with Crippen LogP contribution in [0.1, 0.15) is 30.4 Å². The molecule has 4 heterocycles. The Morgan fingerprint density at radius 3 is 2.57 bits per heavy atom. The Morgan fingerprint density at radius 2 is 1.80 bits per heavy atom. The average Bonchev–Trinajstić information content (AvgIpc) is 3.34. The molecule has 2 aliphatic rings. The maximum Gasteiger partial charge on any atom is 0.0983 e. The summed E-state index contributed by atoms with van der Waals surface area (Å²) in [6.45, 7) is 6.51. The second-order valence-electron chi connectivity index (χ2n) is 8.64. The third-order valence-electron chi connectivity index (χ3n) is 6.54. The standard InChI is InChI=1S/C24H29N5.ClH/c1-2-5-20(6-3-1)16-29-18-22(23(27-29)21-7-4-11-26-15-21)17-28-14-10-24(19-28)8-12-25-13-9-24;/h1-7,11,15,18,25H,8-10,12-14,16-17,19H2;1H. The fraction of sp³-hybridized carbons (Fsp3) is 0.417. The van der Waals surface area contributed by atoms with Crippen molar-refractivity contribution in [1.82, 2.24) is 25.0 Å². The number of nitrogens with one attached hydrogen (secondary N) is 1. The fourth-order valence-electron chi connectivity index (χ4n) is 4.94. The first kappa shape index (κ1) is 21.0. The molecule has 1 spiro atoms. The summed E-state index contributed by atoms with van der Waals surface area (Å²) in [7, 11) is 0. The molecule has 0 unspecified atom stereocenters. The van der Waals surface area contributed by atoms with Crippen molar-refractivity contribution in [2.24, 2.45) is 5.41 Å². The lowest BCUT2D eigenvalue weighted by atomic mass is 9.78. The van der Waals surface area contributed by atoms with Crippen LogP contribution in [0, 0.1) is 5.41 Å². The molecule has 6 heteroatoms. The van der Waals surface area contributed by atoms with E-state index in [1.807, 2.05) is 18.5 Å². The second kappa shape index (κ2) is 9.29. The molecule has 0 amide bonds. The zero-order chi connectivity index (χ0) is 19.5. The predicted octanol–water partition coefficient (Wildman–Crippen LogP) is 3.99. The van der Waals surface area contributed by atoms with Gasteiger partial charge in [0.25, 0.3) is 0 Å². The van der Waals surface area contributed by atoms with Gasteiger partial charge in [0, 0.05) is 42.8 Å². The van der Waals surface area contributed by atoms with E-state index in [2.05, 4.69) is 62.5 Å². The Labute approximate surface area is 184 Å². The lowest BCUT2D eigenvalue weighted by molar-refractivity contribution is 0.194. The summed E-state index contributed by atoms with van der Waals surface area (Å²) < 4.78 is 2.09. The number of benzene rings is 1. The van der Waals surface area contributed by atoms with Gasteiger partial charge in [-0.05, 0) is 62.0 Å². The van der Waals surface area contributed by atoms with Gasteiger partial charge in [-0.3, -0.25) is 14.6 Å². The highest BCUT2D eigenvalue weighted by molar-refractivity contribution is 5.85. The number of piperidine rings is 1. The third-order valence-corrected chi connectivity index (χ3v) is 6.54. The predicted molar refractivity (Wildman–Crippen MR) is 123 cm³/mol. The van der Waals surface area contributed by atoms with Gasteiger partial charge in [-0.2, -0.15) is 5.10 Å². The maximum atomic E-state index is 4.96. The van der Waals surface area contributed by atoms with Gasteiger partial charge in [0.05, 0.1) is 12.2 Å². The van der Waals surface area contributed by atoms with E-state index < -0.39 is 0 Å². The summed E-state index contributed by atoms with van der Waals surface area (Å²) in [6.07, 6.45) is 9.94. The summed E-state index contributed by atoms with van der Waals surface area (Å²) in [5, 5.41) is 8.48. The van der Waals surface area contributed by atoms with Crippen LogP contribution in [0.3, 0.4) is 0 Å². The molecule has 3 aromatic rings. The van der Waals surface area contributed by atoms with E-state index in [-0.39, 0.29) is 12.4 Å².